The zero-order chi connectivity index (χ0) is 21.5. The summed E-state index contributed by atoms with van der Waals surface area (Å²) in [6.45, 7) is 1.98. The van der Waals surface area contributed by atoms with Crippen LogP contribution >= 0.6 is 0 Å². The molecule has 2 heterocycles. The smallest absolute Gasteiger partial charge is 0.261 e. The third-order valence-corrected chi connectivity index (χ3v) is 6.27. The van der Waals surface area contributed by atoms with E-state index in [1.54, 1.807) is 0 Å². The maximum atomic E-state index is 13.8. The number of rotatable bonds is 4. The molecule has 0 fully saturated rings. The third kappa shape index (κ3) is 3.69. The molecule has 0 saturated carbocycles. The Morgan fingerprint density at radius 1 is 1.16 bits per heavy atom. The van der Waals surface area contributed by atoms with Crippen LogP contribution < -0.4 is 10.6 Å². The Bertz CT molecular complexity index is 1120. The Kier molecular flexibility index (Phi) is 4.96. The topological polar surface area (TPSA) is 59.0 Å². The first-order valence-corrected chi connectivity index (χ1v) is 10.6. The first kappa shape index (κ1) is 19.7. The first-order chi connectivity index (χ1) is 15.0. The van der Waals surface area contributed by atoms with Crippen molar-refractivity contribution in [2.24, 2.45) is 0 Å². The Morgan fingerprint density at radius 3 is 2.71 bits per heavy atom. The van der Waals surface area contributed by atoms with Gasteiger partial charge in [0.25, 0.3) is 12.3 Å². The van der Waals surface area contributed by atoms with Gasteiger partial charge in [0.1, 0.15) is 17.4 Å². The number of alkyl halides is 2. The minimum atomic E-state index is -2.58. The van der Waals surface area contributed by atoms with Crippen LogP contribution in [0.3, 0.4) is 0 Å². The van der Waals surface area contributed by atoms with Crippen LogP contribution in [-0.2, 0) is 12.8 Å². The number of aromatic nitrogens is 2. The molecule has 0 bridgehead atoms. The van der Waals surface area contributed by atoms with Gasteiger partial charge in [-0.25, -0.2) is 13.5 Å². The quantitative estimate of drug-likeness (QED) is 0.600. The van der Waals surface area contributed by atoms with Crippen molar-refractivity contribution in [2.75, 3.05) is 10.6 Å². The number of carbonyl (C=O) groups excluding carboxylic acids is 1. The monoisotopic (exact) mass is 422 g/mol. The molecular weight excluding hydrogens is 398 g/mol. The molecule has 0 spiro atoms. The third-order valence-electron chi connectivity index (χ3n) is 6.27. The van der Waals surface area contributed by atoms with E-state index in [-0.39, 0.29) is 23.9 Å². The minimum Gasteiger partial charge on any atom is -0.363 e. The molecule has 31 heavy (non-hydrogen) atoms. The number of carbonyl (C=O) groups is 1. The molecule has 2 atom stereocenters. The molecule has 7 heteroatoms. The Morgan fingerprint density at radius 2 is 1.94 bits per heavy atom. The summed E-state index contributed by atoms with van der Waals surface area (Å²) in [5.41, 5.74) is 5.57. The molecule has 2 N–H and O–H groups in total. The largest absolute Gasteiger partial charge is 0.363 e. The number of hydrogen-bond donors (Lipinski definition) is 2. The average molecular weight is 422 g/mol. The molecule has 160 valence electrons. The summed E-state index contributed by atoms with van der Waals surface area (Å²) < 4.78 is 29.0. The zero-order valence-electron chi connectivity index (χ0n) is 17.2. The van der Waals surface area contributed by atoms with Crippen LogP contribution in [0.1, 0.15) is 57.5 Å². The number of fused-ring (bicyclic) bond motifs is 2. The van der Waals surface area contributed by atoms with Gasteiger partial charge >= 0.3 is 0 Å². The highest BCUT2D eigenvalue weighted by atomic mass is 19.3. The summed E-state index contributed by atoms with van der Waals surface area (Å²) in [5.74, 6) is -0.0231. The number of hydrogen-bond acceptors (Lipinski definition) is 3. The van der Waals surface area contributed by atoms with Crippen LogP contribution in [0.2, 0.25) is 0 Å². The Labute approximate surface area is 179 Å². The van der Waals surface area contributed by atoms with Crippen molar-refractivity contribution in [3.05, 3.63) is 76.5 Å². The SMILES string of the molecule is Cc1ccc([C@H]2C[C@H](C(F)F)n3ncc(C(=O)Nc4ccc5c(c4)CCC5)c3N2)cc1. The highest BCUT2D eigenvalue weighted by molar-refractivity contribution is 6.07. The van der Waals surface area contributed by atoms with Gasteiger partial charge in [-0.1, -0.05) is 35.9 Å². The second-order valence-electron chi connectivity index (χ2n) is 8.39. The molecule has 1 aliphatic carbocycles. The molecular formula is C24H24F2N4O. The van der Waals surface area contributed by atoms with Gasteiger partial charge in [0.15, 0.2) is 0 Å². The van der Waals surface area contributed by atoms with E-state index in [2.05, 4.69) is 15.7 Å². The maximum Gasteiger partial charge on any atom is 0.261 e. The van der Waals surface area contributed by atoms with E-state index in [9.17, 15) is 13.6 Å². The van der Waals surface area contributed by atoms with Crippen molar-refractivity contribution >= 4 is 17.4 Å². The van der Waals surface area contributed by atoms with Gasteiger partial charge < -0.3 is 10.6 Å². The number of nitrogens with one attached hydrogen (secondary N) is 2. The van der Waals surface area contributed by atoms with E-state index in [1.807, 2.05) is 49.4 Å². The molecule has 1 amide bonds. The fourth-order valence-electron chi connectivity index (χ4n) is 4.56. The van der Waals surface area contributed by atoms with E-state index < -0.39 is 12.5 Å². The number of nitrogens with zero attached hydrogens (tertiary/aromatic N) is 2. The van der Waals surface area contributed by atoms with Crippen LogP contribution in [0, 0.1) is 6.92 Å². The number of aryl methyl sites for hydroxylation is 3. The van der Waals surface area contributed by atoms with Crippen molar-refractivity contribution in [3.63, 3.8) is 0 Å². The molecule has 1 aromatic heterocycles. The van der Waals surface area contributed by atoms with Gasteiger partial charge in [-0.15, -0.1) is 0 Å². The molecule has 5 rings (SSSR count). The minimum absolute atomic E-state index is 0.196. The number of benzene rings is 2. The lowest BCUT2D eigenvalue weighted by Crippen LogP contribution is -2.31. The molecule has 0 unspecified atom stereocenters. The summed E-state index contributed by atoms with van der Waals surface area (Å²) in [5, 5.41) is 10.3. The lowest BCUT2D eigenvalue weighted by molar-refractivity contribution is 0.0657. The zero-order valence-corrected chi connectivity index (χ0v) is 17.2. The molecule has 2 aromatic carbocycles. The second kappa shape index (κ2) is 7.80. The standard InChI is InChI=1S/C24H24F2N4O/c1-14-5-7-16(8-6-14)20-12-21(22(25)26)30-23(29-20)19(13-27-30)24(31)28-18-10-9-15-3-2-4-17(15)11-18/h5-11,13,20-22,29H,2-4,12H2,1H3,(H,28,31)/t20-,21-/m1/s1. The normalized spacial score (nSPS) is 19.6. The summed E-state index contributed by atoms with van der Waals surface area (Å²) in [6.07, 6.45) is 2.20. The van der Waals surface area contributed by atoms with Crippen LogP contribution in [0.4, 0.5) is 20.3 Å². The molecule has 1 aliphatic heterocycles. The van der Waals surface area contributed by atoms with E-state index >= 15 is 0 Å². The average Bonchev–Trinajstić information content (AvgIpc) is 3.40. The summed E-state index contributed by atoms with van der Waals surface area (Å²) in [6, 6.07) is 12.3. The number of anilines is 2. The second-order valence-corrected chi connectivity index (χ2v) is 8.39. The molecule has 0 saturated heterocycles. The van der Waals surface area contributed by atoms with Gasteiger partial charge in [-0.3, -0.25) is 4.79 Å². The van der Waals surface area contributed by atoms with Crippen molar-refractivity contribution in [1.29, 1.82) is 0 Å². The van der Waals surface area contributed by atoms with Crippen LogP contribution in [-0.4, -0.2) is 22.1 Å². The number of amides is 1. The van der Waals surface area contributed by atoms with Gasteiger partial charge in [-0.05, 0) is 61.4 Å². The van der Waals surface area contributed by atoms with Crippen molar-refractivity contribution in [1.82, 2.24) is 9.78 Å². The Hall–Kier alpha value is -3.22. The van der Waals surface area contributed by atoms with Gasteiger partial charge in [0, 0.05) is 5.69 Å². The van der Waals surface area contributed by atoms with Crippen molar-refractivity contribution in [2.45, 2.75) is 51.1 Å². The fraction of sp³-hybridized carbons (Fsp3) is 0.333. The van der Waals surface area contributed by atoms with Crippen LogP contribution in [0.25, 0.3) is 0 Å². The molecule has 5 nitrogen and oxygen atoms in total. The lowest BCUT2D eigenvalue weighted by atomic mass is 9.96. The van der Waals surface area contributed by atoms with Gasteiger partial charge in [0.05, 0.1) is 12.2 Å². The van der Waals surface area contributed by atoms with Crippen LogP contribution in [0.15, 0.2) is 48.7 Å². The van der Waals surface area contributed by atoms with E-state index in [0.717, 1.165) is 30.4 Å². The summed E-state index contributed by atoms with van der Waals surface area (Å²) in [7, 11) is 0. The molecule has 2 aliphatic rings. The van der Waals surface area contributed by atoms with Gasteiger partial charge in [0.2, 0.25) is 0 Å². The highest BCUT2D eigenvalue weighted by Gasteiger charge is 2.36. The molecule has 3 aromatic rings. The predicted octanol–water partition coefficient (Wildman–Crippen LogP) is 5.30. The number of halogens is 2. The predicted molar refractivity (Wildman–Crippen MR) is 116 cm³/mol. The fourth-order valence-corrected chi connectivity index (χ4v) is 4.56. The molecule has 0 radical (unpaired) electrons. The van der Waals surface area contributed by atoms with Crippen molar-refractivity contribution in [3.8, 4) is 0 Å². The highest BCUT2D eigenvalue weighted by Crippen LogP contribution is 2.39. The van der Waals surface area contributed by atoms with Crippen molar-refractivity contribution < 1.29 is 13.6 Å². The van der Waals surface area contributed by atoms with E-state index in [0.29, 0.717) is 11.5 Å². The van der Waals surface area contributed by atoms with E-state index in [1.165, 1.54) is 22.0 Å². The van der Waals surface area contributed by atoms with Gasteiger partial charge in [-0.2, -0.15) is 5.10 Å². The first-order valence-electron chi connectivity index (χ1n) is 10.6. The lowest BCUT2D eigenvalue weighted by Gasteiger charge is -2.32. The summed E-state index contributed by atoms with van der Waals surface area (Å²) >= 11 is 0. The maximum absolute atomic E-state index is 13.8. The van der Waals surface area contributed by atoms with Crippen LogP contribution in [0.5, 0.6) is 0 Å². The Balaban J connectivity index is 1.44. The van der Waals surface area contributed by atoms with E-state index in [4.69, 9.17) is 0 Å². The summed E-state index contributed by atoms with van der Waals surface area (Å²) in [4.78, 5) is 13.0.